The SMILES string of the molecule is Cc1ccc(-c2nc3cc(NC(=O)C(C)(C)Oc4ccc(Br)cc4)ccc3o2)cc1N. The molecule has 0 aliphatic carbocycles. The monoisotopic (exact) mass is 479 g/mol. The van der Waals surface area contributed by atoms with E-state index in [2.05, 4.69) is 26.2 Å². The summed E-state index contributed by atoms with van der Waals surface area (Å²) in [6.07, 6.45) is 0. The van der Waals surface area contributed by atoms with Gasteiger partial charge in [0.1, 0.15) is 11.3 Å². The minimum Gasteiger partial charge on any atom is -0.478 e. The molecule has 0 atom stereocenters. The number of carbonyl (C=O) groups is 1. The third-order valence-corrected chi connectivity index (χ3v) is 5.43. The Hall–Kier alpha value is -3.32. The molecule has 6 nitrogen and oxygen atoms in total. The van der Waals surface area contributed by atoms with Crippen LogP contribution in [0.2, 0.25) is 0 Å². The first-order valence-corrected chi connectivity index (χ1v) is 10.5. The van der Waals surface area contributed by atoms with Crippen molar-refractivity contribution < 1.29 is 13.9 Å². The first-order chi connectivity index (χ1) is 14.7. The van der Waals surface area contributed by atoms with Crippen molar-refractivity contribution in [1.82, 2.24) is 4.98 Å². The third-order valence-electron chi connectivity index (χ3n) is 4.91. The van der Waals surface area contributed by atoms with Gasteiger partial charge < -0.3 is 20.2 Å². The zero-order valence-corrected chi connectivity index (χ0v) is 19.0. The van der Waals surface area contributed by atoms with Crippen LogP contribution in [0.4, 0.5) is 11.4 Å². The van der Waals surface area contributed by atoms with Gasteiger partial charge in [-0.1, -0.05) is 22.0 Å². The molecule has 31 heavy (non-hydrogen) atoms. The topological polar surface area (TPSA) is 90.4 Å². The summed E-state index contributed by atoms with van der Waals surface area (Å²) in [4.78, 5) is 17.4. The summed E-state index contributed by atoms with van der Waals surface area (Å²) in [5.41, 5.74) is 9.28. The summed E-state index contributed by atoms with van der Waals surface area (Å²) >= 11 is 3.39. The molecule has 4 rings (SSSR count). The molecule has 0 bridgehead atoms. The van der Waals surface area contributed by atoms with E-state index >= 15 is 0 Å². The molecular weight excluding hydrogens is 458 g/mol. The van der Waals surface area contributed by atoms with Gasteiger partial charge in [0.25, 0.3) is 5.91 Å². The number of aromatic nitrogens is 1. The fraction of sp³-hybridized carbons (Fsp3) is 0.167. The molecule has 4 aromatic rings. The summed E-state index contributed by atoms with van der Waals surface area (Å²) in [6, 6.07) is 18.3. The zero-order valence-electron chi connectivity index (χ0n) is 17.4. The highest BCUT2D eigenvalue weighted by Gasteiger charge is 2.30. The predicted octanol–water partition coefficient (Wildman–Crippen LogP) is 5.94. The third kappa shape index (κ3) is 4.56. The van der Waals surface area contributed by atoms with Crippen molar-refractivity contribution in [3.63, 3.8) is 0 Å². The van der Waals surface area contributed by atoms with Crippen LogP contribution in [-0.4, -0.2) is 16.5 Å². The van der Waals surface area contributed by atoms with E-state index in [0.717, 1.165) is 15.6 Å². The van der Waals surface area contributed by atoms with Crippen LogP contribution in [0.15, 0.2) is 69.6 Å². The lowest BCUT2D eigenvalue weighted by atomic mass is 10.1. The first-order valence-electron chi connectivity index (χ1n) is 9.74. The van der Waals surface area contributed by atoms with E-state index in [1.54, 1.807) is 44.2 Å². The Balaban J connectivity index is 1.53. The van der Waals surface area contributed by atoms with Crippen LogP contribution in [-0.2, 0) is 4.79 Å². The van der Waals surface area contributed by atoms with Gasteiger partial charge in [-0.25, -0.2) is 4.98 Å². The normalized spacial score (nSPS) is 11.5. The van der Waals surface area contributed by atoms with E-state index in [1.165, 1.54) is 0 Å². The molecule has 0 spiro atoms. The highest BCUT2D eigenvalue weighted by molar-refractivity contribution is 9.10. The molecule has 0 saturated heterocycles. The van der Waals surface area contributed by atoms with Gasteiger partial charge in [-0.2, -0.15) is 0 Å². The van der Waals surface area contributed by atoms with Crippen molar-refractivity contribution in [1.29, 1.82) is 0 Å². The van der Waals surface area contributed by atoms with Crippen LogP contribution in [0.3, 0.4) is 0 Å². The van der Waals surface area contributed by atoms with Crippen molar-refractivity contribution in [3.05, 3.63) is 70.7 Å². The lowest BCUT2D eigenvalue weighted by molar-refractivity contribution is -0.128. The Morgan fingerprint density at radius 3 is 2.55 bits per heavy atom. The van der Waals surface area contributed by atoms with Crippen LogP contribution in [0.1, 0.15) is 19.4 Å². The number of nitrogens with zero attached hydrogens (tertiary/aromatic N) is 1. The van der Waals surface area contributed by atoms with E-state index in [0.29, 0.717) is 34.1 Å². The van der Waals surface area contributed by atoms with Gasteiger partial charge >= 0.3 is 0 Å². The number of nitrogen functional groups attached to an aromatic ring is 1. The Morgan fingerprint density at radius 1 is 1.10 bits per heavy atom. The molecule has 3 N–H and O–H groups in total. The number of benzene rings is 3. The van der Waals surface area contributed by atoms with Gasteiger partial charge in [-0.05, 0) is 80.9 Å². The fourth-order valence-corrected chi connectivity index (χ4v) is 3.29. The van der Waals surface area contributed by atoms with Gasteiger partial charge in [0.05, 0.1) is 0 Å². The molecule has 0 saturated carbocycles. The van der Waals surface area contributed by atoms with Gasteiger partial charge in [-0.15, -0.1) is 0 Å². The molecule has 1 aromatic heterocycles. The van der Waals surface area contributed by atoms with Gasteiger partial charge in [-0.3, -0.25) is 4.79 Å². The molecule has 7 heteroatoms. The quantitative estimate of drug-likeness (QED) is 0.345. The summed E-state index contributed by atoms with van der Waals surface area (Å²) in [6.45, 7) is 5.39. The molecule has 0 unspecified atom stereocenters. The molecule has 1 heterocycles. The molecule has 0 aliphatic rings. The lowest BCUT2D eigenvalue weighted by Gasteiger charge is -2.25. The average molecular weight is 480 g/mol. The van der Waals surface area contributed by atoms with E-state index < -0.39 is 5.60 Å². The molecular formula is C24H22BrN3O3. The molecule has 0 radical (unpaired) electrons. The number of ether oxygens (including phenoxy) is 1. The van der Waals surface area contributed by atoms with Gasteiger partial charge in [0.15, 0.2) is 11.2 Å². The molecule has 158 valence electrons. The van der Waals surface area contributed by atoms with Crippen LogP contribution in [0.5, 0.6) is 5.75 Å². The Labute approximate surface area is 188 Å². The van der Waals surface area contributed by atoms with Crippen LogP contribution in [0, 0.1) is 6.92 Å². The number of hydrogen-bond acceptors (Lipinski definition) is 5. The number of oxazole rings is 1. The minimum absolute atomic E-state index is 0.273. The van der Waals surface area contributed by atoms with E-state index in [-0.39, 0.29) is 5.91 Å². The van der Waals surface area contributed by atoms with E-state index in [4.69, 9.17) is 14.9 Å². The van der Waals surface area contributed by atoms with Gasteiger partial charge in [0, 0.05) is 21.4 Å². The predicted molar refractivity (Wildman–Crippen MR) is 126 cm³/mol. The molecule has 3 aromatic carbocycles. The number of carbonyl (C=O) groups excluding carboxylic acids is 1. The Bertz CT molecular complexity index is 1260. The Morgan fingerprint density at radius 2 is 1.84 bits per heavy atom. The first kappa shape index (κ1) is 20.9. The standard InChI is InChI=1S/C24H22BrN3O3/c1-14-4-5-15(12-19(14)26)22-28-20-13-17(8-11-21(20)30-22)27-23(29)24(2,3)31-18-9-6-16(25)7-10-18/h4-13H,26H2,1-3H3,(H,27,29). The van der Waals surface area contributed by atoms with Crippen LogP contribution >= 0.6 is 15.9 Å². The molecule has 1 amide bonds. The Kier molecular flexibility index (Phi) is 5.45. The second kappa shape index (κ2) is 8.07. The highest BCUT2D eigenvalue weighted by atomic mass is 79.9. The second-order valence-corrected chi connectivity index (χ2v) is 8.71. The van der Waals surface area contributed by atoms with Crippen molar-refractivity contribution in [2.45, 2.75) is 26.4 Å². The largest absolute Gasteiger partial charge is 0.478 e. The number of aryl methyl sites for hydroxylation is 1. The maximum Gasteiger partial charge on any atom is 0.267 e. The number of fused-ring (bicyclic) bond motifs is 1. The fourth-order valence-electron chi connectivity index (χ4n) is 3.03. The number of anilines is 2. The zero-order chi connectivity index (χ0) is 22.2. The van der Waals surface area contributed by atoms with Gasteiger partial charge in [0.2, 0.25) is 5.89 Å². The van der Waals surface area contributed by atoms with E-state index in [9.17, 15) is 4.79 Å². The maximum atomic E-state index is 12.8. The second-order valence-electron chi connectivity index (χ2n) is 7.79. The number of amides is 1. The maximum absolute atomic E-state index is 12.8. The van der Waals surface area contributed by atoms with E-state index in [1.807, 2.05) is 37.3 Å². The number of halogens is 1. The lowest BCUT2D eigenvalue weighted by Crippen LogP contribution is -2.42. The summed E-state index contributed by atoms with van der Waals surface area (Å²) in [5, 5.41) is 2.90. The van der Waals surface area contributed by atoms with Crippen molar-refractivity contribution in [3.8, 4) is 17.2 Å². The van der Waals surface area contributed by atoms with Crippen molar-refractivity contribution in [2.24, 2.45) is 0 Å². The number of rotatable bonds is 5. The highest BCUT2D eigenvalue weighted by Crippen LogP contribution is 2.29. The summed E-state index contributed by atoms with van der Waals surface area (Å²) < 4.78 is 12.7. The van der Waals surface area contributed by atoms with Crippen molar-refractivity contribution >= 4 is 44.3 Å². The van der Waals surface area contributed by atoms with Crippen LogP contribution in [0.25, 0.3) is 22.6 Å². The minimum atomic E-state index is -1.07. The number of hydrogen-bond donors (Lipinski definition) is 2. The molecule has 0 fully saturated rings. The average Bonchev–Trinajstić information content (AvgIpc) is 3.15. The number of nitrogens with two attached hydrogens (primary N) is 1. The smallest absolute Gasteiger partial charge is 0.267 e. The van der Waals surface area contributed by atoms with Crippen molar-refractivity contribution in [2.75, 3.05) is 11.1 Å². The van der Waals surface area contributed by atoms with Crippen LogP contribution < -0.4 is 15.8 Å². The number of nitrogens with one attached hydrogen (secondary N) is 1. The summed E-state index contributed by atoms with van der Waals surface area (Å²) in [5.74, 6) is 0.811. The summed E-state index contributed by atoms with van der Waals surface area (Å²) in [7, 11) is 0. The molecule has 0 aliphatic heterocycles.